The molecule has 8 heteroatoms. The van der Waals surface area contributed by atoms with Crippen LogP contribution in [0.15, 0.2) is 35.9 Å². The fourth-order valence-electron chi connectivity index (χ4n) is 2.67. The van der Waals surface area contributed by atoms with Gasteiger partial charge >= 0.3 is 5.97 Å². The zero-order chi connectivity index (χ0) is 21.7. The van der Waals surface area contributed by atoms with Crippen molar-refractivity contribution in [3.8, 4) is 11.5 Å². The lowest BCUT2D eigenvalue weighted by Crippen LogP contribution is -2.14. The number of methoxy groups -OCH3 is 2. The summed E-state index contributed by atoms with van der Waals surface area (Å²) >= 11 is 12.5. The topological polar surface area (TPSA) is 61.8 Å². The van der Waals surface area contributed by atoms with Gasteiger partial charge in [-0.05, 0) is 38.1 Å². The van der Waals surface area contributed by atoms with Crippen LogP contribution in [0, 0.1) is 5.82 Å². The highest BCUT2D eigenvalue weighted by Gasteiger charge is 2.27. The van der Waals surface area contributed by atoms with Gasteiger partial charge in [-0.15, -0.1) is 0 Å². The first kappa shape index (κ1) is 22.7. The van der Waals surface area contributed by atoms with Crippen molar-refractivity contribution in [2.75, 3.05) is 20.8 Å². The van der Waals surface area contributed by atoms with E-state index < -0.39 is 17.6 Å². The van der Waals surface area contributed by atoms with E-state index in [4.69, 9.17) is 37.4 Å². The molecule has 2 aromatic rings. The maximum absolute atomic E-state index is 13.5. The second-order valence-electron chi connectivity index (χ2n) is 5.86. The van der Waals surface area contributed by atoms with Crippen LogP contribution in [0.2, 0.25) is 10.0 Å². The summed E-state index contributed by atoms with van der Waals surface area (Å²) in [6, 6.07) is 6.45. The van der Waals surface area contributed by atoms with Gasteiger partial charge in [-0.1, -0.05) is 23.2 Å². The molecule has 0 aliphatic carbocycles. The molecule has 0 aliphatic heterocycles. The van der Waals surface area contributed by atoms with E-state index in [1.54, 1.807) is 6.92 Å². The Morgan fingerprint density at radius 2 is 1.72 bits per heavy atom. The number of benzene rings is 2. The van der Waals surface area contributed by atoms with Crippen LogP contribution in [-0.2, 0) is 9.53 Å². The molecule has 0 bridgehead atoms. The van der Waals surface area contributed by atoms with E-state index in [-0.39, 0.29) is 44.7 Å². The number of allylic oxidation sites excluding steroid dienone is 1. The Labute approximate surface area is 178 Å². The standard InChI is InChI=1S/C21H19Cl2FO5/c1-5-29-21(26)11(2)18(14-7-6-12(24)8-16(14)22)20(25)15-9-13(27-3)10-17(28-4)19(15)23/h6-10H,5H2,1-4H3. The summed E-state index contributed by atoms with van der Waals surface area (Å²) in [6.45, 7) is 3.18. The van der Waals surface area contributed by atoms with Crippen molar-refractivity contribution in [3.63, 3.8) is 0 Å². The van der Waals surface area contributed by atoms with Crippen molar-refractivity contribution in [1.29, 1.82) is 0 Å². The molecular formula is C21H19Cl2FO5. The van der Waals surface area contributed by atoms with Crippen LogP contribution >= 0.6 is 23.2 Å². The first-order valence-electron chi connectivity index (χ1n) is 8.54. The van der Waals surface area contributed by atoms with E-state index in [1.165, 1.54) is 39.3 Å². The molecule has 0 fully saturated rings. The fourth-order valence-corrected chi connectivity index (χ4v) is 3.20. The number of carbonyl (C=O) groups excluding carboxylic acids is 2. The molecule has 0 aromatic heterocycles. The summed E-state index contributed by atoms with van der Waals surface area (Å²) in [5.74, 6) is -1.37. The van der Waals surface area contributed by atoms with E-state index >= 15 is 0 Å². The zero-order valence-electron chi connectivity index (χ0n) is 16.3. The maximum atomic E-state index is 13.5. The van der Waals surface area contributed by atoms with Gasteiger partial charge in [0, 0.05) is 28.3 Å². The monoisotopic (exact) mass is 440 g/mol. The van der Waals surface area contributed by atoms with Crippen molar-refractivity contribution < 1.29 is 28.2 Å². The van der Waals surface area contributed by atoms with E-state index in [9.17, 15) is 14.0 Å². The Balaban J connectivity index is 2.78. The number of hydrogen-bond donors (Lipinski definition) is 0. The van der Waals surface area contributed by atoms with Crippen molar-refractivity contribution >= 4 is 40.5 Å². The van der Waals surface area contributed by atoms with Gasteiger partial charge in [-0.3, -0.25) is 4.79 Å². The lowest BCUT2D eigenvalue weighted by molar-refractivity contribution is -0.138. The van der Waals surface area contributed by atoms with Crippen molar-refractivity contribution in [3.05, 3.63) is 62.9 Å². The van der Waals surface area contributed by atoms with E-state index in [1.807, 2.05) is 0 Å². The highest BCUT2D eigenvalue weighted by molar-refractivity contribution is 6.43. The molecule has 154 valence electrons. The summed E-state index contributed by atoms with van der Waals surface area (Å²) in [4.78, 5) is 25.8. The first-order chi connectivity index (χ1) is 13.7. The van der Waals surface area contributed by atoms with Crippen LogP contribution in [0.5, 0.6) is 11.5 Å². The quantitative estimate of drug-likeness (QED) is 0.329. The highest BCUT2D eigenvalue weighted by atomic mass is 35.5. The molecule has 5 nitrogen and oxygen atoms in total. The van der Waals surface area contributed by atoms with Gasteiger partial charge in [0.2, 0.25) is 0 Å². The lowest BCUT2D eigenvalue weighted by Gasteiger charge is -2.16. The lowest BCUT2D eigenvalue weighted by atomic mass is 9.92. The van der Waals surface area contributed by atoms with Crippen molar-refractivity contribution in [2.24, 2.45) is 0 Å². The highest BCUT2D eigenvalue weighted by Crippen LogP contribution is 2.38. The van der Waals surface area contributed by atoms with Crippen LogP contribution in [0.1, 0.15) is 29.8 Å². The molecule has 2 rings (SSSR count). The van der Waals surface area contributed by atoms with E-state index in [0.29, 0.717) is 5.75 Å². The summed E-state index contributed by atoms with van der Waals surface area (Å²) in [6.07, 6.45) is 0. The normalized spacial score (nSPS) is 11.6. The molecular weight excluding hydrogens is 422 g/mol. The molecule has 2 aromatic carbocycles. The smallest absolute Gasteiger partial charge is 0.334 e. The summed E-state index contributed by atoms with van der Waals surface area (Å²) in [5.41, 5.74) is 0.136. The minimum atomic E-state index is -0.706. The minimum absolute atomic E-state index is 0.00297. The van der Waals surface area contributed by atoms with E-state index in [0.717, 1.165) is 12.1 Å². The molecule has 0 unspecified atom stereocenters. The molecule has 0 saturated heterocycles. The number of hydrogen-bond acceptors (Lipinski definition) is 5. The Hall–Kier alpha value is -2.57. The number of Topliss-reactive ketones (excluding diaryl/α,β-unsaturated/α-hetero) is 1. The number of ketones is 1. The third kappa shape index (κ3) is 4.89. The van der Waals surface area contributed by atoms with Crippen LogP contribution in [0.4, 0.5) is 4.39 Å². The Morgan fingerprint density at radius 1 is 1.03 bits per heavy atom. The Bertz CT molecular complexity index is 985. The van der Waals surface area contributed by atoms with Crippen LogP contribution in [-0.4, -0.2) is 32.6 Å². The molecule has 0 atom stereocenters. The van der Waals surface area contributed by atoms with Gasteiger partial charge in [0.15, 0.2) is 5.78 Å². The average molecular weight is 441 g/mol. The second-order valence-corrected chi connectivity index (χ2v) is 6.65. The molecule has 29 heavy (non-hydrogen) atoms. The third-order valence-electron chi connectivity index (χ3n) is 4.10. The fraction of sp³-hybridized carbons (Fsp3) is 0.238. The van der Waals surface area contributed by atoms with Crippen LogP contribution in [0.3, 0.4) is 0 Å². The molecule has 0 spiro atoms. The number of halogens is 3. The molecule has 0 heterocycles. The average Bonchev–Trinajstić information content (AvgIpc) is 2.69. The summed E-state index contributed by atoms with van der Waals surface area (Å²) < 4.78 is 29.0. The van der Waals surface area contributed by atoms with Gasteiger partial charge < -0.3 is 14.2 Å². The molecule has 0 N–H and O–H groups in total. The zero-order valence-corrected chi connectivity index (χ0v) is 17.8. The third-order valence-corrected chi connectivity index (χ3v) is 4.80. The molecule has 0 saturated carbocycles. The molecule has 0 radical (unpaired) electrons. The van der Waals surface area contributed by atoms with Crippen molar-refractivity contribution in [1.82, 2.24) is 0 Å². The SMILES string of the molecule is CCOC(=O)C(C)=C(C(=O)c1cc(OC)cc(OC)c1Cl)c1ccc(F)cc1Cl. The largest absolute Gasteiger partial charge is 0.497 e. The predicted octanol–water partition coefficient (Wildman–Crippen LogP) is 5.37. The Kier molecular flexibility index (Phi) is 7.65. The number of ether oxygens (including phenoxy) is 3. The van der Waals surface area contributed by atoms with Gasteiger partial charge in [-0.2, -0.15) is 0 Å². The predicted molar refractivity (Wildman–Crippen MR) is 110 cm³/mol. The van der Waals surface area contributed by atoms with Crippen LogP contribution < -0.4 is 9.47 Å². The van der Waals surface area contributed by atoms with Gasteiger partial charge in [0.25, 0.3) is 0 Å². The van der Waals surface area contributed by atoms with Crippen molar-refractivity contribution in [2.45, 2.75) is 13.8 Å². The van der Waals surface area contributed by atoms with Gasteiger partial charge in [-0.25, -0.2) is 9.18 Å². The van der Waals surface area contributed by atoms with Gasteiger partial charge in [0.05, 0.1) is 30.9 Å². The minimum Gasteiger partial charge on any atom is -0.497 e. The van der Waals surface area contributed by atoms with Gasteiger partial charge in [0.1, 0.15) is 17.3 Å². The Morgan fingerprint density at radius 3 is 2.28 bits per heavy atom. The van der Waals surface area contributed by atoms with E-state index in [2.05, 4.69) is 0 Å². The maximum Gasteiger partial charge on any atom is 0.334 e. The molecule has 0 amide bonds. The second kappa shape index (κ2) is 9.76. The number of esters is 1. The summed E-state index contributed by atoms with van der Waals surface area (Å²) in [7, 11) is 2.82. The number of carbonyl (C=O) groups is 2. The van der Waals surface area contributed by atoms with Crippen LogP contribution in [0.25, 0.3) is 5.57 Å². The molecule has 0 aliphatic rings. The first-order valence-corrected chi connectivity index (χ1v) is 9.30. The number of rotatable bonds is 7. The summed E-state index contributed by atoms with van der Waals surface area (Å²) in [5, 5.41) is -0.00586.